The van der Waals surface area contributed by atoms with Gasteiger partial charge in [0.15, 0.2) is 0 Å². The SMILES string of the molecule is CN(C(=O)N1CCC(CC(=O)N(c2ccccc2)c2ccccc2F)(C(=O)O)CC1)C(C1CC1)C1CC1. The average molecular weight is 508 g/mol. The van der Waals surface area contributed by atoms with Gasteiger partial charge in [0, 0.05) is 38.3 Å². The van der Waals surface area contributed by atoms with E-state index in [1.165, 1.54) is 42.7 Å². The van der Waals surface area contributed by atoms with E-state index in [0.29, 0.717) is 17.5 Å². The maximum absolute atomic E-state index is 14.8. The number of carbonyl (C=O) groups is 3. The fourth-order valence-electron chi connectivity index (χ4n) is 5.83. The van der Waals surface area contributed by atoms with E-state index in [4.69, 9.17) is 0 Å². The number of hydrogen-bond acceptors (Lipinski definition) is 3. The van der Waals surface area contributed by atoms with Crippen LogP contribution in [-0.4, -0.2) is 59.0 Å². The molecule has 3 amide bonds. The summed E-state index contributed by atoms with van der Waals surface area (Å²) in [5, 5.41) is 10.2. The molecular formula is C29H34FN3O4. The lowest BCUT2D eigenvalue weighted by Crippen LogP contribution is -2.53. The zero-order valence-corrected chi connectivity index (χ0v) is 21.2. The third-order valence-electron chi connectivity index (χ3n) is 8.25. The van der Waals surface area contributed by atoms with Crippen molar-refractivity contribution in [2.75, 3.05) is 25.0 Å². The van der Waals surface area contributed by atoms with Gasteiger partial charge in [-0.05, 0) is 74.6 Å². The molecule has 37 heavy (non-hydrogen) atoms. The number of piperidine rings is 1. The summed E-state index contributed by atoms with van der Waals surface area (Å²) < 4.78 is 14.8. The predicted octanol–water partition coefficient (Wildman–Crippen LogP) is 5.29. The normalized spacial score (nSPS) is 18.9. The third kappa shape index (κ3) is 5.20. The Kier molecular flexibility index (Phi) is 6.92. The van der Waals surface area contributed by atoms with Gasteiger partial charge < -0.3 is 14.9 Å². The molecule has 3 fully saturated rings. The van der Waals surface area contributed by atoms with Gasteiger partial charge in [0.1, 0.15) is 5.82 Å². The number of benzene rings is 2. The Morgan fingerprint density at radius 2 is 1.54 bits per heavy atom. The molecule has 2 aromatic rings. The number of likely N-dealkylation sites (tertiary alicyclic amines) is 1. The molecule has 1 aliphatic heterocycles. The second-order valence-electron chi connectivity index (χ2n) is 10.8. The lowest BCUT2D eigenvalue weighted by atomic mass is 9.75. The largest absolute Gasteiger partial charge is 0.481 e. The van der Waals surface area contributed by atoms with E-state index in [1.54, 1.807) is 47.4 Å². The molecule has 0 atom stereocenters. The van der Waals surface area contributed by atoms with Crippen LogP contribution >= 0.6 is 0 Å². The number of halogens is 1. The lowest BCUT2D eigenvalue weighted by Gasteiger charge is -2.41. The quantitative estimate of drug-likeness (QED) is 0.527. The number of aliphatic carboxylic acids is 1. The maximum Gasteiger partial charge on any atom is 0.320 e. The number of urea groups is 1. The fraction of sp³-hybridized carbons (Fsp3) is 0.483. The van der Waals surface area contributed by atoms with Crippen molar-refractivity contribution >= 4 is 29.3 Å². The molecule has 1 heterocycles. The number of rotatable bonds is 8. The van der Waals surface area contributed by atoms with Crippen molar-refractivity contribution in [1.29, 1.82) is 0 Å². The molecule has 0 spiro atoms. The van der Waals surface area contributed by atoms with Crippen molar-refractivity contribution in [1.82, 2.24) is 9.80 Å². The van der Waals surface area contributed by atoms with E-state index in [1.807, 2.05) is 11.9 Å². The predicted molar refractivity (Wildman–Crippen MR) is 138 cm³/mol. The first-order valence-electron chi connectivity index (χ1n) is 13.2. The number of hydrogen-bond donors (Lipinski definition) is 1. The van der Waals surface area contributed by atoms with Crippen LogP contribution in [0.5, 0.6) is 0 Å². The first-order valence-corrected chi connectivity index (χ1v) is 13.2. The monoisotopic (exact) mass is 507 g/mol. The van der Waals surface area contributed by atoms with Gasteiger partial charge in [-0.25, -0.2) is 9.18 Å². The van der Waals surface area contributed by atoms with Crippen molar-refractivity contribution in [3.8, 4) is 0 Å². The molecule has 2 saturated carbocycles. The van der Waals surface area contributed by atoms with Gasteiger partial charge in [0.2, 0.25) is 5.91 Å². The average Bonchev–Trinajstić information content (AvgIpc) is 3.82. The Balaban J connectivity index is 1.32. The molecule has 0 aromatic heterocycles. The van der Waals surface area contributed by atoms with Gasteiger partial charge in [-0.2, -0.15) is 0 Å². The number of carbonyl (C=O) groups excluding carboxylic acids is 2. The summed E-state index contributed by atoms with van der Waals surface area (Å²) >= 11 is 0. The first-order chi connectivity index (χ1) is 17.8. The van der Waals surface area contributed by atoms with Gasteiger partial charge >= 0.3 is 12.0 Å². The minimum Gasteiger partial charge on any atom is -0.481 e. The molecule has 7 nitrogen and oxygen atoms in total. The molecule has 0 radical (unpaired) electrons. The fourth-order valence-corrected chi connectivity index (χ4v) is 5.83. The van der Waals surface area contributed by atoms with Crippen molar-refractivity contribution in [3.05, 3.63) is 60.4 Å². The Bertz CT molecular complexity index is 1140. The zero-order chi connectivity index (χ0) is 26.2. The molecular weight excluding hydrogens is 473 g/mol. The summed E-state index contributed by atoms with van der Waals surface area (Å²) in [6.45, 7) is 0.547. The number of nitrogens with zero attached hydrogens (tertiary/aromatic N) is 3. The Morgan fingerprint density at radius 3 is 2.08 bits per heavy atom. The summed E-state index contributed by atoms with van der Waals surface area (Å²) in [6, 6.07) is 14.9. The molecule has 1 N–H and O–H groups in total. The Hall–Kier alpha value is -3.42. The zero-order valence-electron chi connectivity index (χ0n) is 21.2. The number of carboxylic acid groups (broad SMARTS) is 1. The summed E-state index contributed by atoms with van der Waals surface area (Å²) in [4.78, 5) is 44.4. The highest BCUT2D eigenvalue weighted by Crippen LogP contribution is 2.47. The van der Waals surface area contributed by atoms with Crippen LogP contribution in [0.15, 0.2) is 54.6 Å². The van der Waals surface area contributed by atoms with Gasteiger partial charge in [-0.1, -0.05) is 30.3 Å². The number of para-hydroxylation sites is 2. The smallest absolute Gasteiger partial charge is 0.320 e. The maximum atomic E-state index is 14.8. The molecule has 0 unspecified atom stereocenters. The van der Waals surface area contributed by atoms with Crippen molar-refractivity contribution in [2.24, 2.45) is 17.3 Å². The summed E-state index contributed by atoms with van der Waals surface area (Å²) in [6.07, 6.45) is 4.74. The molecule has 8 heteroatoms. The second kappa shape index (κ2) is 10.1. The number of amides is 3. The van der Waals surface area contributed by atoms with Crippen LogP contribution in [0.1, 0.15) is 44.9 Å². The molecule has 0 bridgehead atoms. The molecule has 5 rings (SSSR count). The summed E-state index contributed by atoms with van der Waals surface area (Å²) in [7, 11) is 1.87. The van der Waals surface area contributed by atoms with E-state index in [-0.39, 0.29) is 50.1 Å². The van der Waals surface area contributed by atoms with Gasteiger partial charge in [-0.3, -0.25) is 14.5 Å². The van der Waals surface area contributed by atoms with Crippen molar-refractivity contribution in [2.45, 2.75) is 51.0 Å². The second-order valence-corrected chi connectivity index (χ2v) is 10.8. The third-order valence-corrected chi connectivity index (χ3v) is 8.25. The van der Waals surface area contributed by atoms with Crippen LogP contribution in [0.2, 0.25) is 0 Å². The molecule has 1 saturated heterocycles. The first kappa shape index (κ1) is 25.2. The van der Waals surface area contributed by atoms with Gasteiger partial charge in [0.25, 0.3) is 0 Å². The van der Waals surface area contributed by atoms with E-state index < -0.39 is 23.1 Å². The topological polar surface area (TPSA) is 81.2 Å². The van der Waals surface area contributed by atoms with Crippen molar-refractivity contribution < 1.29 is 23.9 Å². The van der Waals surface area contributed by atoms with Crippen LogP contribution in [0.4, 0.5) is 20.6 Å². The highest BCUT2D eigenvalue weighted by Gasteiger charge is 2.48. The van der Waals surface area contributed by atoms with Crippen LogP contribution in [0, 0.1) is 23.1 Å². The standard InChI is InChI=1S/C29H34FN3O4/c1-31(26(20-11-12-20)21-13-14-21)28(37)32-17-15-29(16-18-32,27(35)36)19-25(34)33(22-7-3-2-4-8-22)24-10-6-5-9-23(24)30/h2-10,20-21,26H,11-19H2,1H3,(H,35,36). The minimum atomic E-state index is -1.32. The molecule has 196 valence electrons. The Morgan fingerprint density at radius 1 is 0.973 bits per heavy atom. The van der Waals surface area contributed by atoms with E-state index in [9.17, 15) is 23.9 Å². The van der Waals surface area contributed by atoms with E-state index >= 15 is 0 Å². The summed E-state index contributed by atoms with van der Waals surface area (Å²) in [5.41, 5.74) is -0.768. The van der Waals surface area contributed by atoms with Crippen LogP contribution < -0.4 is 4.90 Å². The van der Waals surface area contributed by atoms with E-state index in [0.717, 1.165) is 0 Å². The van der Waals surface area contributed by atoms with E-state index in [2.05, 4.69) is 0 Å². The van der Waals surface area contributed by atoms with Gasteiger partial charge in [0.05, 0.1) is 11.1 Å². The summed E-state index contributed by atoms with van der Waals surface area (Å²) in [5.74, 6) is -0.933. The van der Waals surface area contributed by atoms with Crippen molar-refractivity contribution in [3.63, 3.8) is 0 Å². The highest BCUT2D eigenvalue weighted by molar-refractivity contribution is 6.02. The van der Waals surface area contributed by atoms with Crippen LogP contribution in [0.3, 0.4) is 0 Å². The minimum absolute atomic E-state index is 0.0496. The van der Waals surface area contributed by atoms with Gasteiger partial charge in [-0.15, -0.1) is 0 Å². The molecule has 2 aliphatic carbocycles. The highest BCUT2D eigenvalue weighted by atomic mass is 19.1. The number of carboxylic acids is 1. The van der Waals surface area contributed by atoms with Crippen LogP contribution in [0.25, 0.3) is 0 Å². The molecule has 2 aromatic carbocycles. The van der Waals surface area contributed by atoms with Crippen LogP contribution in [-0.2, 0) is 9.59 Å². The Labute approximate surface area is 216 Å². The molecule has 3 aliphatic rings. The number of anilines is 2. The lowest BCUT2D eigenvalue weighted by molar-refractivity contribution is -0.154.